The van der Waals surface area contributed by atoms with Gasteiger partial charge in [-0.3, -0.25) is 19.4 Å². The minimum absolute atomic E-state index is 0.150. The zero-order valence-corrected chi connectivity index (χ0v) is 50.8. The summed E-state index contributed by atoms with van der Waals surface area (Å²) in [7, 11) is 0. The predicted molar refractivity (Wildman–Crippen MR) is 321 cm³/mol. The Balaban J connectivity index is 4.47. The van der Waals surface area contributed by atoms with Crippen molar-refractivity contribution in [2.24, 2.45) is 0 Å². The molecule has 10 nitrogen and oxygen atoms in total. The van der Waals surface area contributed by atoms with Crippen molar-refractivity contribution in [3.63, 3.8) is 0 Å². The van der Waals surface area contributed by atoms with Gasteiger partial charge in [-0.15, -0.1) is 0 Å². The van der Waals surface area contributed by atoms with Crippen LogP contribution in [0.15, 0.2) is 0 Å². The van der Waals surface area contributed by atoms with Crippen molar-refractivity contribution < 1.29 is 39.5 Å². The standard InChI is InChI=1S/C62H124N2O8S2/c1-5-9-13-17-21-25-29-33-39-57(65)53-63(54-58(66)40-34-30-26-22-18-14-10-6-2)45-37-43-61(69)73-51-49-71-47-48-72-50-52-74-62(70)44-38-46-64(55-59(67)41-35-31-27-23-19-15-11-7-3)56-60(68)42-36-32-28-24-20-16-12-8-4/h57-60,65-68H,5-56H2,1-4H3. The molecule has 0 fully saturated rings. The molecule has 74 heavy (non-hydrogen) atoms. The maximum absolute atomic E-state index is 12.8. The molecule has 0 aliphatic heterocycles. The minimum Gasteiger partial charge on any atom is -0.392 e. The van der Waals surface area contributed by atoms with E-state index in [9.17, 15) is 30.0 Å². The van der Waals surface area contributed by atoms with Crippen LogP contribution in [0.25, 0.3) is 0 Å². The third-order valence-electron chi connectivity index (χ3n) is 14.5. The Morgan fingerprint density at radius 2 is 0.568 bits per heavy atom. The summed E-state index contributed by atoms with van der Waals surface area (Å²) in [5.74, 6) is 1.19. The molecule has 0 rings (SSSR count). The highest BCUT2D eigenvalue weighted by Crippen LogP contribution is 2.18. The molecule has 0 heterocycles. The third-order valence-corrected chi connectivity index (χ3v) is 16.3. The van der Waals surface area contributed by atoms with E-state index in [1.807, 2.05) is 0 Å². The summed E-state index contributed by atoms with van der Waals surface area (Å²) in [6.45, 7) is 14.4. The number of hydrogen-bond donors (Lipinski definition) is 4. The Bertz CT molecular complexity index is 1020. The van der Waals surface area contributed by atoms with E-state index < -0.39 is 24.4 Å². The van der Waals surface area contributed by atoms with Crippen molar-refractivity contribution in [2.75, 3.05) is 77.2 Å². The minimum atomic E-state index is -0.411. The lowest BCUT2D eigenvalue weighted by Crippen LogP contribution is -2.38. The lowest BCUT2D eigenvalue weighted by molar-refractivity contribution is -0.112. The monoisotopic (exact) mass is 1090 g/mol. The Morgan fingerprint density at radius 3 is 0.811 bits per heavy atom. The van der Waals surface area contributed by atoms with Gasteiger partial charge in [-0.1, -0.05) is 257 Å². The number of carbonyl (C=O) groups is 2. The second kappa shape index (κ2) is 58.9. The van der Waals surface area contributed by atoms with Gasteiger partial charge in [0.1, 0.15) is 0 Å². The molecular formula is C62H124N2O8S2. The predicted octanol–water partition coefficient (Wildman–Crippen LogP) is 15.3. The number of rotatable bonds is 61. The van der Waals surface area contributed by atoms with E-state index in [0.717, 1.165) is 77.0 Å². The van der Waals surface area contributed by atoms with Crippen LogP contribution in [0.4, 0.5) is 0 Å². The van der Waals surface area contributed by atoms with Crippen molar-refractivity contribution >= 4 is 33.8 Å². The number of hydrogen-bond acceptors (Lipinski definition) is 12. The lowest BCUT2D eigenvalue weighted by Gasteiger charge is -2.27. The first-order chi connectivity index (χ1) is 36.1. The van der Waals surface area contributed by atoms with Gasteiger partial charge in [0.2, 0.25) is 0 Å². The van der Waals surface area contributed by atoms with Crippen molar-refractivity contribution in [1.82, 2.24) is 9.80 Å². The molecule has 0 saturated heterocycles. The second-order valence-corrected chi connectivity index (χ2v) is 24.4. The molecule has 0 aromatic rings. The summed E-state index contributed by atoms with van der Waals surface area (Å²) in [5, 5.41) is 44.1. The van der Waals surface area contributed by atoms with Gasteiger partial charge in [-0.2, -0.15) is 0 Å². The summed E-state index contributed by atoms with van der Waals surface area (Å²) >= 11 is 2.62. The molecule has 4 unspecified atom stereocenters. The smallest absolute Gasteiger partial charge is 0.189 e. The zero-order chi connectivity index (χ0) is 54.2. The number of unbranched alkanes of at least 4 members (excludes halogenated alkanes) is 28. The van der Waals surface area contributed by atoms with E-state index in [1.165, 1.54) is 178 Å². The molecule has 0 bridgehead atoms. The summed E-state index contributed by atoms with van der Waals surface area (Å²) in [6.07, 6.45) is 43.7. The van der Waals surface area contributed by atoms with Crippen LogP contribution in [0.3, 0.4) is 0 Å². The zero-order valence-electron chi connectivity index (χ0n) is 49.2. The van der Waals surface area contributed by atoms with Crippen LogP contribution < -0.4 is 0 Å². The molecule has 0 aromatic carbocycles. The van der Waals surface area contributed by atoms with E-state index >= 15 is 0 Å². The maximum Gasteiger partial charge on any atom is 0.189 e. The van der Waals surface area contributed by atoms with Crippen LogP contribution in [0.1, 0.15) is 285 Å². The van der Waals surface area contributed by atoms with Gasteiger partial charge in [-0.05, 0) is 51.6 Å². The fourth-order valence-electron chi connectivity index (χ4n) is 9.92. The first kappa shape index (κ1) is 73.7. The number of ether oxygens (including phenoxy) is 2. The summed E-state index contributed by atoms with van der Waals surface area (Å²) in [4.78, 5) is 29.9. The average Bonchev–Trinajstić information content (AvgIpc) is 3.37. The first-order valence-corrected chi connectivity index (χ1v) is 33.8. The Labute approximate surface area is 466 Å². The summed E-state index contributed by atoms with van der Waals surface area (Å²) < 4.78 is 11.5. The molecule has 0 spiro atoms. The molecule has 12 heteroatoms. The molecule has 0 aliphatic rings. The SMILES string of the molecule is CCCCCCCCCCC(O)CN(CCCC(=O)SCCOCCOCCSC(=O)CCCN(CC(O)CCCCCCCCCC)CC(O)CCCCCCCCCC)CC(O)CCCCCCCCCC. The quantitative estimate of drug-likeness (QED) is 0.0431. The molecular weight excluding hydrogens is 965 g/mol. The van der Waals surface area contributed by atoms with Gasteiger partial charge in [0.15, 0.2) is 10.2 Å². The fraction of sp³-hybridized carbons (Fsp3) is 0.968. The summed E-state index contributed by atoms with van der Waals surface area (Å²) in [6, 6.07) is 0. The lowest BCUT2D eigenvalue weighted by atomic mass is 10.0. The molecule has 0 aromatic heterocycles. The number of aliphatic hydroxyl groups is 4. The van der Waals surface area contributed by atoms with Crippen molar-refractivity contribution in [3.8, 4) is 0 Å². The Morgan fingerprint density at radius 1 is 0.338 bits per heavy atom. The topological polar surface area (TPSA) is 140 Å². The van der Waals surface area contributed by atoms with Crippen LogP contribution in [0.2, 0.25) is 0 Å². The second-order valence-electron chi connectivity index (χ2n) is 22.1. The van der Waals surface area contributed by atoms with E-state index in [0.29, 0.717) is 103 Å². The highest BCUT2D eigenvalue weighted by Gasteiger charge is 2.18. The van der Waals surface area contributed by atoms with Crippen molar-refractivity contribution in [2.45, 2.75) is 309 Å². The molecule has 4 N–H and O–H groups in total. The number of nitrogens with zero attached hydrogens (tertiary/aromatic N) is 2. The van der Waals surface area contributed by atoms with Crippen molar-refractivity contribution in [3.05, 3.63) is 0 Å². The molecule has 0 radical (unpaired) electrons. The molecule has 0 saturated carbocycles. The molecule has 0 aliphatic carbocycles. The van der Waals surface area contributed by atoms with Gasteiger partial charge >= 0.3 is 0 Å². The van der Waals surface area contributed by atoms with Gasteiger partial charge < -0.3 is 29.9 Å². The highest BCUT2D eigenvalue weighted by molar-refractivity contribution is 8.13. The highest BCUT2D eigenvalue weighted by atomic mass is 32.2. The number of aliphatic hydroxyl groups excluding tert-OH is 4. The van der Waals surface area contributed by atoms with E-state index in [-0.39, 0.29) is 10.2 Å². The maximum atomic E-state index is 12.8. The number of thioether (sulfide) groups is 2. The first-order valence-electron chi connectivity index (χ1n) is 31.8. The van der Waals surface area contributed by atoms with Gasteiger partial charge in [-0.25, -0.2) is 0 Å². The normalized spacial score (nSPS) is 13.6. The van der Waals surface area contributed by atoms with Crippen LogP contribution in [0, 0.1) is 0 Å². The van der Waals surface area contributed by atoms with Crippen LogP contribution in [0.5, 0.6) is 0 Å². The van der Waals surface area contributed by atoms with Gasteiger partial charge in [0.25, 0.3) is 0 Å². The summed E-state index contributed by atoms with van der Waals surface area (Å²) in [5.41, 5.74) is 0. The largest absolute Gasteiger partial charge is 0.392 e. The molecule has 442 valence electrons. The Kier molecular flexibility index (Phi) is 58.6. The van der Waals surface area contributed by atoms with Gasteiger partial charge in [0, 0.05) is 50.5 Å². The average molecular weight is 1090 g/mol. The van der Waals surface area contributed by atoms with Crippen molar-refractivity contribution in [1.29, 1.82) is 0 Å². The van der Waals surface area contributed by atoms with Crippen LogP contribution >= 0.6 is 23.5 Å². The van der Waals surface area contributed by atoms with Crippen LogP contribution in [-0.2, 0) is 19.1 Å². The molecule has 0 amide bonds. The fourth-order valence-corrected chi connectivity index (χ4v) is 11.4. The Hall–Kier alpha value is -0.280. The van der Waals surface area contributed by atoms with E-state index in [1.54, 1.807) is 0 Å². The van der Waals surface area contributed by atoms with E-state index in [4.69, 9.17) is 9.47 Å². The third kappa shape index (κ3) is 55.1. The van der Waals surface area contributed by atoms with Crippen LogP contribution in [-0.4, -0.2) is 142 Å². The van der Waals surface area contributed by atoms with E-state index in [2.05, 4.69) is 37.5 Å². The van der Waals surface area contributed by atoms with Gasteiger partial charge in [0.05, 0.1) is 50.8 Å². The number of carbonyl (C=O) groups excluding carboxylic acids is 2. The molecule has 4 atom stereocenters.